The summed E-state index contributed by atoms with van der Waals surface area (Å²) in [4.78, 5) is 0. The van der Waals surface area contributed by atoms with E-state index in [2.05, 4.69) is 34.2 Å². The molecule has 110 valence electrons. The number of halogens is 1. The van der Waals surface area contributed by atoms with Crippen LogP contribution < -0.4 is 5.32 Å². The lowest BCUT2D eigenvalue weighted by Gasteiger charge is -2.27. The van der Waals surface area contributed by atoms with E-state index in [9.17, 15) is 5.11 Å². The molecule has 1 aromatic heterocycles. The average Bonchev–Trinajstić information content (AvgIpc) is 2.87. The van der Waals surface area contributed by atoms with Gasteiger partial charge in [0.2, 0.25) is 0 Å². The molecule has 0 radical (unpaired) electrons. The fourth-order valence-electron chi connectivity index (χ4n) is 2.19. The number of benzene rings is 1. The molecule has 0 bridgehead atoms. The molecule has 1 unspecified atom stereocenters. The van der Waals surface area contributed by atoms with Crippen LogP contribution in [0.1, 0.15) is 45.4 Å². The zero-order valence-electron chi connectivity index (χ0n) is 12.2. The highest BCUT2D eigenvalue weighted by Crippen LogP contribution is 2.27. The molecular weight excluding hydrogens is 318 g/mol. The van der Waals surface area contributed by atoms with Gasteiger partial charge in [-0.05, 0) is 44.0 Å². The first kappa shape index (κ1) is 15.5. The van der Waals surface area contributed by atoms with E-state index in [0.29, 0.717) is 6.54 Å². The van der Waals surface area contributed by atoms with Gasteiger partial charge in [-0.15, -0.1) is 0 Å². The summed E-state index contributed by atoms with van der Waals surface area (Å²) in [6.45, 7) is 6.64. The molecule has 0 amide bonds. The SMILES string of the molecule is CCC(O)(CC)CNC(C)c1cc2cc(Br)ccc2o1. The van der Waals surface area contributed by atoms with Gasteiger partial charge in [0.1, 0.15) is 11.3 Å². The van der Waals surface area contributed by atoms with Crippen LogP contribution in [0, 0.1) is 0 Å². The van der Waals surface area contributed by atoms with E-state index in [4.69, 9.17) is 4.42 Å². The lowest BCUT2D eigenvalue weighted by atomic mass is 9.97. The summed E-state index contributed by atoms with van der Waals surface area (Å²) in [6.07, 6.45) is 1.49. The van der Waals surface area contributed by atoms with Crippen LogP contribution in [-0.4, -0.2) is 17.3 Å². The van der Waals surface area contributed by atoms with Crippen LogP contribution in [0.2, 0.25) is 0 Å². The Morgan fingerprint density at radius 1 is 1.30 bits per heavy atom. The summed E-state index contributed by atoms with van der Waals surface area (Å²) >= 11 is 3.46. The van der Waals surface area contributed by atoms with Crippen LogP contribution in [0.25, 0.3) is 11.0 Å². The van der Waals surface area contributed by atoms with Crippen LogP contribution in [-0.2, 0) is 0 Å². The maximum absolute atomic E-state index is 10.3. The van der Waals surface area contributed by atoms with Crippen molar-refractivity contribution in [2.45, 2.75) is 45.3 Å². The molecule has 20 heavy (non-hydrogen) atoms. The molecular formula is C16H22BrNO2. The fourth-order valence-corrected chi connectivity index (χ4v) is 2.57. The van der Waals surface area contributed by atoms with Crippen molar-refractivity contribution < 1.29 is 9.52 Å². The molecule has 4 heteroatoms. The van der Waals surface area contributed by atoms with Crippen molar-refractivity contribution in [1.82, 2.24) is 5.32 Å². The van der Waals surface area contributed by atoms with Crippen LogP contribution in [0.3, 0.4) is 0 Å². The summed E-state index contributed by atoms with van der Waals surface area (Å²) in [5, 5.41) is 14.8. The van der Waals surface area contributed by atoms with Crippen molar-refractivity contribution in [2.75, 3.05) is 6.54 Å². The number of hydrogen-bond acceptors (Lipinski definition) is 3. The minimum Gasteiger partial charge on any atom is -0.459 e. The van der Waals surface area contributed by atoms with E-state index in [1.54, 1.807) is 0 Å². The number of nitrogens with one attached hydrogen (secondary N) is 1. The molecule has 0 aliphatic heterocycles. The van der Waals surface area contributed by atoms with E-state index in [-0.39, 0.29) is 6.04 Å². The predicted molar refractivity (Wildman–Crippen MR) is 85.9 cm³/mol. The number of rotatable bonds is 6. The van der Waals surface area contributed by atoms with E-state index >= 15 is 0 Å². The van der Waals surface area contributed by atoms with Gasteiger partial charge in [0, 0.05) is 16.4 Å². The first-order chi connectivity index (χ1) is 9.47. The maximum Gasteiger partial charge on any atom is 0.134 e. The maximum atomic E-state index is 10.3. The predicted octanol–water partition coefficient (Wildman–Crippen LogP) is 4.40. The van der Waals surface area contributed by atoms with Gasteiger partial charge in [0.15, 0.2) is 0 Å². The summed E-state index contributed by atoms with van der Waals surface area (Å²) in [5.41, 5.74) is 0.252. The van der Waals surface area contributed by atoms with Crippen molar-refractivity contribution in [2.24, 2.45) is 0 Å². The first-order valence-corrected chi connectivity index (χ1v) is 7.91. The topological polar surface area (TPSA) is 45.4 Å². The summed E-state index contributed by atoms with van der Waals surface area (Å²) in [5.74, 6) is 0.896. The number of aliphatic hydroxyl groups is 1. The quantitative estimate of drug-likeness (QED) is 0.819. The second kappa shape index (κ2) is 6.29. The molecule has 2 N–H and O–H groups in total. The highest BCUT2D eigenvalue weighted by atomic mass is 79.9. The fraction of sp³-hybridized carbons (Fsp3) is 0.500. The van der Waals surface area contributed by atoms with E-state index < -0.39 is 5.60 Å². The van der Waals surface area contributed by atoms with Gasteiger partial charge < -0.3 is 14.8 Å². The first-order valence-electron chi connectivity index (χ1n) is 7.12. The van der Waals surface area contributed by atoms with Gasteiger partial charge in [-0.25, -0.2) is 0 Å². The van der Waals surface area contributed by atoms with Gasteiger partial charge in [0.05, 0.1) is 11.6 Å². The lowest BCUT2D eigenvalue weighted by Crippen LogP contribution is -2.40. The summed E-state index contributed by atoms with van der Waals surface area (Å²) in [7, 11) is 0. The Balaban J connectivity index is 2.09. The Morgan fingerprint density at radius 3 is 2.65 bits per heavy atom. The van der Waals surface area contributed by atoms with Gasteiger partial charge in [0.25, 0.3) is 0 Å². The Labute approximate surface area is 128 Å². The molecule has 0 saturated heterocycles. The molecule has 1 aromatic carbocycles. The van der Waals surface area contributed by atoms with Crippen molar-refractivity contribution in [3.63, 3.8) is 0 Å². The zero-order chi connectivity index (χ0) is 14.8. The van der Waals surface area contributed by atoms with Gasteiger partial charge in [-0.2, -0.15) is 0 Å². The van der Waals surface area contributed by atoms with Gasteiger partial charge in [-0.1, -0.05) is 29.8 Å². The van der Waals surface area contributed by atoms with Crippen molar-refractivity contribution in [1.29, 1.82) is 0 Å². The number of furan rings is 1. The monoisotopic (exact) mass is 339 g/mol. The largest absolute Gasteiger partial charge is 0.459 e. The summed E-state index contributed by atoms with van der Waals surface area (Å²) in [6, 6.07) is 8.11. The molecule has 1 atom stereocenters. The van der Waals surface area contributed by atoms with Crippen molar-refractivity contribution in [3.05, 3.63) is 34.5 Å². The van der Waals surface area contributed by atoms with Crippen molar-refractivity contribution >= 4 is 26.9 Å². The third-order valence-electron chi connectivity index (χ3n) is 3.98. The third-order valence-corrected chi connectivity index (χ3v) is 4.47. The Bertz CT molecular complexity index is 575. The Kier molecular flexibility index (Phi) is 4.89. The van der Waals surface area contributed by atoms with Crippen molar-refractivity contribution in [3.8, 4) is 0 Å². The minimum absolute atomic E-state index is 0.0748. The van der Waals surface area contributed by atoms with E-state index in [0.717, 1.165) is 34.0 Å². The van der Waals surface area contributed by atoms with Crippen LogP contribution >= 0.6 is 15.9 Å². The number of fused-ring (bicyclic) bond motifs is 1. The Hall–Kier alpha value is -0.840. The lowest BCUT2D eigenvalue weighted by molar-refractivity contribution is 0.0298. The normalized spacial score (nSPS) is 13.8. The molecule has 2 rings (SSSR count). The van der Waals surface area contributed by atoms with Crippen LogP contribution in [0.4, 0.5) is 0 Å². The Morgan fingerprint density at radius 2 is 2.00 bits per heavy atom. The van der Waals surface area contributed by atoms with Crippen LogP contribution in [0.5, 0.6) is 0 Å². The molecule has 0 saturated carbocycles. The molecule has 2 aromatic rings. The average molecular weight is 340 g/mol. The second-order valence-corrected chi connectivity index (χ2v) is 6.28. The third kappa shape index (κ3) is 3.43. The molecule has 0 aliphatic rings. The molecule has 3 nitrogen and oxygen atoms in total. The second-order valence-electron chi connectivity index (χ2n) is 5.36. The molecule has 0 fully saturated rings. The number of hydrogen-bond donors (Lipinski definition) is 2. The van der Waals surface area contributed by atoms with E-state index in [1.165, 1.54) is 0 Å². The molecule has 0 aliphatic carbocycles. The van der Waals surface area contributed by atoms with E-state index in [1.807, 2.05) is 32.0 Å². The highest BCUT2D eigenvalue weighted by molar-refractivity contribution is 9.10. The smallest absolute Gasteiger partial charge is 0.134 e. The van der Waals surface area contributed by atoms with Gasteiger partial charge in [-0.3, -0.25) is 0 Å². The zero-order valence-corrected chi connectivity index (χ0v) is 13.8. The standard InChI is InChI=1S/C16H22BrNO2/c1-4-16(19,5-2)10-18-11(3)15-9-12-8-13(17)6-7-14(12)20-15/h6-9,11,18-19H,4-5,10H2,1-3H3. The summed E-state index contributed by atoms with van der Waals surface area (Å²) < 4.78 is 6.90. The van der Waals surface area contributed by atoms with Crippen LogP contribution in [0.15, 0.2) is 33.2 Å². The molecule has 0 spiro atoms. The minimum atomic E-state index is -0.636. The van der Waals surface area contributed by atoms with Gasteiger partial charge >= 0.3 is 0 Å². The molecule has 1 heterocycles. The highest BCUT2D eigenvalue weighted by Gasteiger charge is 2.23.